The number of hydrogen-bond acceptors (Lipinski definition) is 1. The van der Waals surface area contributed by atoms with E-state index in [1.54, 1.807) is 0 Å². The molecule has 1 nitrogen and oxygen atoms in total. The first kappa shape index (κ1) is 16.4. The SMILES string of the molecule is C=CCc1cc(C)ccc1C.Cc1ccc2c(c1)CC(C)O2. The summed E-state index contributed by atoms with van der Waals surface area (Å²) >= 11 is 0. The van der Waals surface area contributed by atoms with Crippen LogP contribution in [-0.4, -0.2) is 6.10 Å². The smallest absolute Gasteiger partial charge is 0.123 e. The summed E-state index contributed by atoms with van der Waals surface area (Å²) in [5.74, 6) is 1.07. The monoisotopic (exact) mass is 294 g/mol. The number of rotatable bonds is 2. The summed E-state index contributed by atoms with van der Waals surface area (Å²) in [7, 11) is 0. The van der Waals surface area contributed by atoms with Crippen LogP contribution < -0.4 is 4.74 Å². The van der Waals surface area contributed by atoms with Gasteiger partial charge in [0, 0.05) is 6.42 Å². The van der Waals surface area contributed by atoms with Gasteiger partial charge in [-0.15, -0.1) is 6.58 Å². The van der Waals surface area contributed by atoms with E-state index in [2.05, 4.69) is 70.7 Å². The quantitative estimate of drug-likeness (QED) is 0.678. The van der Waals surface area contributed by atoms with E-state index in [1.165, 1.54) is 27.8 Å². The van der Waals surface area contributed by atoms with Gasteiger partial charge in [0.25, 0.3) is 0 Å². The Labute approximate surface area is 134 Å². The second kappa shape index (κ2) is 7.31. The average molecular weight is 294 g/mol. The minimum atomic E-state index is 0.367. The van der Waals surface area contributed by atoms with Crippen LogP contribution in [0, 0.1) is 20.8 Å². The molecule has 1 aliphatic heterocycles. The fourth-order valence-corrected chi connectivity index (χ4v) is 2.73. The van der Waals surface area contributed by atoms with Gasteiger partial charge >= 0.3 is 0 Å². The van der Waals surface area contributed by atoms with Crippen molar-refractivity contribution in [3.8, 4) is 5.75 Å². The number of benzene rings is 2. The largest absolute Gasteiger partial charge is 0.490 e. The maximum Gasteiger partial charge on any atom is 0.123 e. The Balaban J connectivity index is 0.000000160. The molecule has 22 heavy (non-hydrogen) atoms. The summed E-state index contributed by atoms with van der Waals surface area (Å²) in [6.45, 7) is 12.2. The lowest BCUT2D eigenvalue weighted by Gasteiger charge is -2.02. The van der Waals surface area contributed by atoms with Gasteiger partial charge in [0.05, 0.1) is 0 Å². The molecule has 0 radical (unpaired) electrons. The molecule has 116 valence electrons. The Morgan fingerprint density at radius 1 is 1.09 bits per heavy atom. The van der Waals surface area contributed by atoms with E-state index in [9.17, 15) is 0 Å². The van der Waals surface area contributed by atoms with Crippen molar-refractivity contribution in [2.24, 2.45) is 0 Å². The molecule has 0 fully saturated rings. The molecular weight excluding hydrogens is 268 g/mol. The van der Waals surface area contributed by atoms with E-state index in [0.717, 1.165) is 18.6 Å². The highest BCUT2D eigenvalue weighted by atomic mass is 16.5. The minimum absolute atomic E-state index is 0.367. The van der Waals surface area contributed by atoms with Crippen LogP contribution >= 0.6 is 0 Å². The summed E-state index contributed by atoms with van der Waals surface area (Å²) in [6.07, 6.45) is 4.36. The fourth-order valence-electron chi connectivity index (χ4n) is 2.73. The van der Waals surface area contributed by atoms with Gasteiger partial charge in [-0.3, -0.25) is 0 Å². The third kappa shape index (κ3) is 4.24. The molecule has 0 aromatic heterocycles. The number of ether oxygens (including phenoxy) is 1. The highest BCUT2D eigenvalue weighted by Gasteiger charge is 2.17. The van der Waals surface area contributed by atoms with Gasteiger partial charge in [-0.2, -0.15) is 0 Å². The molecule has 0 N–H and O–H groups in total. The average Bonchev–Trinajstić information content (AvgIpc) is 2.83. The van der Waals surface area contributed by atoms with Crippen molar-refractivity contribution in [3.63, 3.8) is 0 Å². The third-order valence-electron chi connectivity index (χ3n) is 3.92. The lowest BCUT2D eigenvalue weighted by molar-refractivity contribution is 0.254. The summed E-state index contributed by atoms with van der Waals surface area (Å²) < 4.78 is 5.56. The van der Waals surface area contributed by atoms with Gasteiger partial charge in [0.2, 0.25) is 0 Å². The van der Waals surface area contributed by atoms with Gasteiger partial charge in [-0.05, 0) is 56.9 Å². The lowest BCUT2D eigenvalue weighted by atomic mass is 10.0. The Morgan fingerprint density at radius 2 is 1.77 bits per heavy atom. The highest BCUT2D eigenvalue weighted by Crippen LogP contribution is 2.28. The molecule has 0 amide bonds. The van der Waals surface area contributed by atoms with Crippen LogP contribution in [0.25, 0.3) is 0 Å². The lowest BCUT2D eigenvalue weighted by Crippen LogP contribution is -2.05. The molecule has 1 aliphatic rings. The normalized spacial score (nSPS) is 15.4. The molecule has 3 rings (SSSR count). The van der Waals surface area contributed by atoms with E-state index < -0.39 is 0 Å². The summed E-state index contributed by atoms with van der Waals surface area (Å²) in [6, 6.07) is 12.9. The number of hydrogen-bond donors (Lipinski definition) is 0. The fraction of sp³-hybridized carbons (Fsp3) is 0.333. The van der Waals surface area contributed by atoms with Crippen molar-refractivity contribution in [3.05, 3.63) is 76.9 Å². The summed E-state index contributed by atoms with van der Waals surface area (Å²) in [5, 5.41) is 0. The van der Waals surface area contributed by atoms with Crippen molar-refractivity contribution in [2.45, 2.75) is 46.6 Å². The minimum Gasteiger partial charge on any atom is -0.490 e. The zero-order chi connectivity index (χ0) is 16.1. The Hall–Kier alpha value is -2.02. The third-order valence-corrected chi connectivity index (χ3v) is 3.92. The van der Waals surface area contributed by atoms with Gasteiger partial charge in [0.1, 0.15) is 11.9 Å². The zero-order valence-corrected chi connectivity index (χ0v) is 14.1. The summed E-state index contributed by atoms with van der Waals surface area (Å²) in [4.78, 5) is 0. The van der Waals surface area contributed by atoms with E-state index in [4.69, 9.17) is 4.74 Å². The van der Waals surface area contributed by atoms with E-state index in [1.807, 2.05) is 6.08 Å². The van der Waals surface area contributed by atoms with Crippen LogP contribution in [0.15, 0.2) is 49.1 Å². The van der Waals surface area contributed by atoms with Gasteiger partial charge in [0.15, 0.2) is 0 Å². The second-order valence-corrected chi connectivity index (χ2v) is 6.17. The molecule has 1 heterocycles. The molecule has 1 heteroatoms. The van der Waals surface area contributed by atoms with Crippen LogP contribution in [0.1, 0.15) is 34.7 Å². The molecule has 0 bridgehead atoms. The molecule has 1 unspecified atom stereocenters. The number of aryl methyl sites for hydroxylation is 3. The van der Waals surface area contributed by atoms with Crippen molar-refractivity contribution in [1.29, 1.82) is 0 Å². The molecule has 1 atom stereocenters. The molecule has 0 saturated carbocycles. The van der Waals surface area contributed by atoms with Crippen molar-refractivity contribution in [2.75, 3.05) is 0 Å². The Morgan fingerprint density at radius 3 is 2.50 bits per heavy atom. The molecule has 2 aromatic rings. The zero-order valence-electron chi connectivity index (χ0n) is 14.1. The number of allylic oxidation sites excluding steroid dienone is 1. The van der Waals surface area contributed by atoms with Crippen LogP contribution in [0.2, 0.25) is 0 Å². The molecule has 0 aliphatic carbocycles. The standard InChI is InChI=1S/C11H14.C10H12O/c1-4-5-11-8-9(2)6-7-10(11)3;1-7-3-4-10-9(5-7)6-8(2)11-10/h4,6-8H,1,5H2,2-3H3;3-5,8H,6H2,1-2H3. The molecule has 0 saturated heterocycles. The first-order chi connectivity index (χ1) is 10.5. The topological polar surface area (TPSA) is 9.23 Å². The predicted octanol–water partition coefficient (Wildman–Crippen LogP) is 5.35. The Kier molecular flexibility index (Phi) is 5.43. The first-order valence-electron chi connectivity index (χ1n) is 7.93. The maximum absolute atomic E-state index is 5.56. The van der Waals surface area contributed by atoms with E-state index in [-0.39, 0.29) is 0 Å². The van der Waals surface area contributed by atoms with E-state index in [0.29, 0.717) is 6.10 Å². The molecule has 0 spiro atoms. The van der Waals surface area contributed by atoms with Crippen molar-refractivity contribution >= 4 is 0 Å². The van der Waals surface area contributed by atoms with Crippen LogP contribution in [-0.2, 0) is 12.8 Å². The second-order valence-electron chi connectivity index (χ2n) is 6.17. The maximum atomic E-state index is 5.56. The van der Waals surface area contributed by atoms with Crippen molar-refractivity contribution in [1.82, 2.24) is 0 Å². The number of fused-ring (bicyclic) bond motifs is 1. The molecular formula is C21H26O. The van der Waals surface area contributed by atoms with Crippen LogP contribution in [0.5, 0.6) is 5.75 Å². The van der Waals surface area contributed by atoms with E-state index >= 15 is 0 Å². The predicted molar refractivity (Wildman–Crippen MR) is 94.8 cm³/mol. The van der Waals surface area contributed by atoms with Gasteiger partial charge < -0.3 is 4.74 Å². The molecule has 2 aromatic carbocycles. The van der Waals surface area contributed by atoms with Crippen LogP contribution in [0.4, 0.5) is 0 Å². The first-order valence-corrected chi connectivity index (χ1v) is 7.93. The Bertz CT molecular complexity index is 655. The van der Waals surface area contributed by atoms with Gasteiger partial charge in [-0.1, -0.05) is 47.5 Å². The highest BCUT2D eigenvalue weighted by molar-refractivity contribution is 5.40. The van der Waals surface area contributed by atoms with Gasteiger partial charge in [-0.25, -0.2) is 0 Å². The van der Waals surface area contributed by atoms with Crippen molar-refractivity contribution < 1.29 is 4.74 Å². The summed E-state index contributed by atoms with van der Waals surface area (Å²) in [5.41, 5.74) is 6.75. The van der Waals surface area contributed by atoms with Crippen LogP contribution in [0.3, 0.4) is 0 Å².